The van der Waals surface area contributed by atoms with Crippen LogP contribution >= 0.6 is 11.8 Å². The lowest BCUT2D eigenvalue weighted by molar-refractivity contribution is 0.556. The summed E-state index contributed by atoms with van der Waals surface area (Å²) in [6.07, 6.45) is 0. The number of para-hydroxylation sites is 2. The van der Waals surface area contributed by atoms with Gasteiger partial charge in [-0.05, 0) is 36.8 Å². The third kappa shape index (κ3) is 2.58. The summed E-state index contributed by atoms with van der Waals surface area (Å²) in [5.41, 5.74) is 9.55. The molecule has 0 bridgehead atoms. The molecule has 3 aromatic rings. The highest BCUT2D eigenvalue weighted by atomic mass is 32.2. The van der Waals surface area contributed by atoms with E-state index in [4.69, 9.17) is 10.2 Å². The van der Waals surface area contributed by atoms with Crippen LogP contribution in [-0.2, 0) is 5.75 Å². The van der Waals surface area contributed by atoms with E-state index in [9.17, 15) is 0 Å². The lowest BCUT2D eigenvalue weighted by Crippen LogP contribution is -1.88. The number of aryl methyl sites for hydroxylation is 1. The van der Waals surface area contributed by atoms with Crippen molar-refractivity contribution in [1.29, 1.82) is 0 Å². The topological polar surface area (TPSA) is 52.0 Å². The fraction of sp³-hybridized carbons (Fsp3) is 0.133. The normalized spacial score (nSPS) is 11.0. The molecule has 0 aliphatic heterocycles. The van der Waals surface area contributed by atoms with Crippen LogP contribution in [0, 0.1) is 6.92 Å². The number of nitrogen functional groups attached to an aromatic ring is 1. The van der Waals surface area contributed by atoms with Gasteiger partial charge in [0.2, 0.25) is 5.89 Å². The molecular formula is C15H14N2OS. The number of fused-ring (bicyclic) bond motifs is 1. The average molecular weight is 270 g/mol. The second-order valence-corrected chi connectivity index (χ2v) is 5.41. The first-order valence-electron chi connectivity index (χ1n) is 6.06. The van der Waals surface area contributed by atoms with Crippen LogP contribution in [0.5, 0.6) is 0 Å². The number of hydrogen-bond acceptors (Lipinski definition) is 4. The Morgan fingerprint density at radius 3 is 2.89 bits per heavy atom. The molecule has 0 saturated heterocycles. The molecule has 0 atom stereocenters. The molecule has 1 heterocycles. The Bertz CT molecular complexity index is 688. The maximum Gasteiger partial charge on any atom is 0.205 e. The highest BCUT2D eigenvalue weighted by Crippen LogP contribution is 2.28. The number of benzene rings is 2. The van der Waals surface area contributed by atoms with Crippen molar-refractivity contribution >= 4 is 28.5 Å². The minimum atomic E-state index is 0.707. The van der Waals surface area contributed by atoms with Gasteiger partial charge in [-0.3, -0.25) is 0 Å². The van der Waals surface area contributed by atoms with Gasteiger partial charge in [0.05, 0.1) is 5.75 Å². The Labute approximate surface area is 115 Å². The Hall–Kier alpha value is -1.94. The van der Waals surface area contributed by atoms with E-state index in [0.717, 1.165) is 22.7 Å². The van der Waals surface area contributed by atoms with E-state index >= 15 is 0 Å². The van der Waals surface area contributed by atoms with Gasteiger partial charge in [0, 0.05) is 10.6 Å². The Kier molecular flexibility index (Phi) is 3.17. The second kappa shape index (κ2) is 4.97. The summed E-state index contributed by atoms with van der Waals surface area (Å²) >= 11 is 1.69. The van der Waals surface area contributed by atoms with Crippen molar-refractivity contribution in [3.05, 3.63) is 53.9 Å². The van der Waals surface area contributed by atoms with Gasteiger partial charge in [-0.15, -0.1) is 11.8 Å². The van der Waals surface area contributed by atoms with Crippen molar-refractivity contribution in [3.8, 4) is 0 Å². The lowest BCUT2D eigenvalue weighted by atomic mass is 10.2. The number of hydrogen-bond donors (Lipinski definition) is 1. The molecule has 3 rings (SSSR count). The van der Waals surface area contributed by atoms with Gasteiger partial charge in [-0.2, -0.15) is 0 Å². The predicted octanol–water partition coefficient (Wildman–Crippen LogP) is 4.01. The SMILES string of the molecule is Cc1ccc(N)cc1SCc1nc2ccccc2o1. The quantitative estimate of drug-likeness (QED) is 0.577. The van der Waals surface area contributed by atoms with Crippen LogP contribution < -0.4 is 5.73 Å². The zero-order chi connectivity index (χ0) is 13.2. The van der Waals surface area contributed by atoms with E-state index < -0.39 is 0 Å². The molecule has 0 amide bonds. The first kappa shape index (κ1) is 12.1. The van der Waals surface area contributed by atoms with E-state index in [-0.39, 0.29) is 0 Å². The number of oxazole rings is 1. The molecule has 96 valence electrons. The summed E-state index contributed by atoms with van der Waals surface area (Å²) in [7, 11) is 0. The largest absolute Gasteiger partial charge is 0.440 e. The molecule has 0 aliphatic rings. The van der Waals surface area contributed by atoms with Crippen LogP contribution in [0.1, 0.15) is 11.5 Å². The number of rotatable bonds is 3. The van der Waals surface area contributed by atoms with Crippen LogP contribution in [0.25, 0.3) is 11.1 Å². The zero-order valence-electron chi connectivity index (χ0n) is 10.6. The monoisotopic (exact) mass is 270 g/mol. The number of nitrogens with zero attached hydrogens (tertiary/aromatic N) is 1. The van der Waals surface area contributed by atoms with Gasteiger partial charge in [0.25, 0.3) is 0 Å². The molecular weight excluding hydrogens is 256 g/mol. The number of thioether (sulfide) groups is 1. The molecule has 0 aliphatic carbocycles. The zero-order valence-corrected chi connectivity index (χ0v) is 11.4. The highest BCUT2D eigenvalue weighted by Gasteiger charge is 2.07. The summed E-state index contributed by atoms with van der Waals surface area (Å²) in [6, 6.07) is 13.7. The van der Waals surface area contributed by atoms with Crippen molar-refractivity contribution in [3.63, 3.8) is 0 Å². The van der Waals surface area contributed by atoms with Crippen molar-refractivity contribution in [2.45, 2.75) is 17.6 Å². The second-order valence-electron chi connectivity index (χ2n) is 4.39. The van der Waals surface area contributed by atoms with Crippen molar-refractivity contribution in [2.75, 3.05) is 5.73 Å². The molecule has 4 heteroatoms. The van der Waals surface area contributed by atoms with E-state index in [1.54, 1.807) is 11.8 Å². The highest BCUT2D eigenvalue weighted by molar-refractivity contribution is 7.98. The van der Waals surface area contributed by atoms with Crippen LogP contribution in [0.3, 0.4) is 0 Å². The molecule has 1 aromatic heterocycles. The van der Waals surface area contributed by atoms with E-state index in [1.807, 2.05) is 42.5 Å². The summed E-state index contributed by atoms with van der Waals surface area (Å²) < 4.78 is 5.70. The molecule has 0 saturated carbocycles. The molecule has 19 heavy (non-hydrogen) atoms. The number of nitrogens with two attached hydrogens (primary N) is 1. The van der Waals surface area contributed by atoms with Gasteiger partial charge < -0.3 is 10.2 Å². The minimum Gasteiger partial charge on any atom is -0.440 e. The molecule has 0 unspecified atom stereocenters. The van der Waals surface area contributed by atoms with Gasteiger partial charge in [0.1, 0.15) is 5.52 Å². The molecule has 0 radical (unpaired) electrons. The van der Waals surface area contributed by atoms with Crippen molar-refractivity contribution < 1.29 is 4.42 Å². The van der Waals surface area contributed by atoms with Gasteiger partial charge in [-0.25, -0.2) is 4.98 Å². The molecule has 0 fully saturated rings. The number of anilines is 1. The lowest BCUT2D eigenvalue weighted by Gasteiger charge is -2.04. The third-order valence-corrected chi connectivity index (χ3v) is 4.04. The Morgan fingerprint density at radius 2 is 2.05 bits per heavy atom. The van der Waals surface area contributed by atoms with Crippen LogP contribution in [-0.4, -0.2) is 4.98 Å². The smallest absolute Gasteiger partial charge is 0.205 e. The summed E-state index contributed by atoms with van der Waals surface area (Å²) in [4.78, 5) is 5.63. The van der Waals surface area contributed by atoms with Crippen LogP contribution in [0.15, 0.2) is 51.8 Å². The first-order valence-corrected chi connectivity index (χ1v) is 7.04. The summed E-state index contributed by atoms with van der Waals surface area (Å²) in [5.74, 6) is 1.45. The minimum absolute atomic E-state index is 0.707. The maximum atomic E-state index is 5.81. The van der Waals surface area contributed by atoms with Crippen molar-refractivity contribution in [1.82, 2.24) is 4.98 Å². The van der Waals surface area contributed by atoms with Gasteiger partial charge in [-0.1, -0.05) is 18.2 Å². The average Bonchev–Trinajstić information content (AvgIpc) is 2.82. The fourth-order valence-corrected chi connectivity index (χ4v) is 2.81. The third-order valence-electron chi connectivity index (χ3n) is 2.90. The van der Waals surface area contributed by atoms with E-state index in [1.165, 1.54) is 10.5 Å². The number of aromatic nitrogens is 1. The molecule has 3 nitrogen and oxygen atoms in total. The van der Waals surface area contributed by atoms with Crippen LogP contribution in [0.2, 0.25) is 0 Å². The predicted molar refractivity (Wildman–Crippen MR) is 79.2 cm³/mol. The summed E-state index contributed by atoms with van der Waals surface area (Å²) in [5, 5.41) is 0. The van der Waals surface area contributed by atoms with Crippen LogP contribution in [0.4, 0.5) is 5.69 Å². The summed E-state index contributed by atoms with van der Waals surface area (Å²) in [6.45, 7) is 2.08. The molecule has 2 aromatic carbocycles. The standard InChI is InChI=1S/C15H14N2OS/c1-10-6-7-11(16)8-14(10)19-9-15-17-12-4-2-3-5-13(12)18-15/h2-8H,9,16H2,1H3. The Balaban J connectivity index is 1.80. The van der Waals surface area contributed by atoms with Gasteiger partial charge in [0.15, 0.2) is 5.58 Å². The molecule has 2 N–H and O–H groups in total. The van der Waals surface area contributed by atoms with E-state index in [0.29, 0.717) is 5.75 Å². The van der Waals surface area contributed by atoms with Gasteiger partial charge >= 0.3 is 0 Å². The van der Waals surface area contributed by atoms with Crippen molar-refractivity contribution in [2.24, 2.45) is 0 Å². The van der Waals surface area contributed by atoms with E-state index in [2.05, 4.69) is 11.9 Å². The molecule has 0 spiro atoms. The fourth-order valence-electron chi connectivity index (χ4n) is 1.89. The Morgan fingerprint density at radius 1 is 1.21 bits per heavy atom. The maximum absolute atomic E-state index is 5.81. The first-order chi connectivity index (χ1) is 9.22.